The molecule has 0 fully saturated rings. The third-order valence-corrected chi connectivity index (χ3v) is 0. The van der Waals surface area contributed by atoms with Crippen LogP contribution >= 0.6 is 0 Å². The van der Waals surface area contributed by atoms with Crippen LogP contribution in [0.5, 0.6) is 0 Å². The summed E-state index contributed by atoms with van der Waals surface area (Å²) in [6.07, 6.45) is 0. The van der Waals surface area contributed by atoms with Crippen molar-refractivity contribution in [3.05, 3.63) is 0 Å². The van der Waals surface area contributed by atoms with Crippen LogP contribution in [0.25, 0.3) is 0 Å². The average Bonchev–Trinajstić information content (AvgIpc) is 0.722. The number of rotatable bonds is 0. The Bertz CT molecular complexity index is 90.7. The van der Waals surface area contributed by atoms with Crippen molar-refractivity contribution in [1.29, 1.82) is 0 Å². The van der Waals surface area contributed by atoms with Crippen LogP contribution in [0, 0.1) is 0 Å². The van der Waals surface area contributed by atoms with Crippen LogP contribution in [0.15, 0.2) is 0 Å². The Hall–Kier alpha value is 0.389. The SMILES string of the molecule is O=S(=O)([O-])O.[Cu]. The Kier molecular flexibility index (Phi) is 4.08. The van der Waals surface area contributed by atoms with E-state index in [0.29, 0.717) is 0 Å². The van der Waals surface area contributed by atoms with E-state index in [-0.39, 0.29) is 17.1 Å². The minimum Gasteiger partial charge on any atom is -0.726 e. The van der Waals surface area contributed by atoms with Gasteiger partial charge in [-0.25, -0.2) is 8.42 Å². The van der Waals surface area contributed by atoms with Gasteiger partial charge >= 0.3 is 0 Å². The van der Waals surface area contributed by atoms with Gasteiger partial charge in [0.25, 0.3) is 0 Å². The summed E-state index contributed by atoms with van der Waals surface area (Å²) in [5.41, 5.74) is 0. The first-order chi connectivity index (χ1) is 2.00. The van der Waals surface area contributed by atoms with E-state index in [4.69, 9.17) is 17.5 Å². The summed E-state index contributed by atoms with van der Waals surface area (Å²) in [5, 5.41) is 0. The quantitative estimate of drug-likeness (QED) is 0.280. The van der Waals surface area contributed by atoms with Gasteiger partial charge in [0.05, 0.1) is 0 Å². The maximum atomic E-state index is 8.63. The summed E-state index contributed by atoms with van der Waals surface area (Å²) < 4.78 is 32.8. The smallest absolute Gasteiger partial charge is 0.215 e. The summed E-state index contributed by atoms with van der Waals surface area (Å²) in [6, 6.07) is 0. The van der Waals surface area contributed by atoms with E-state index in [1.54, 1.807) is 0 Å². The van der Waals surface area contributed by atoms with Crippen molar-refractivity contribution in [2.45, 2.75) is 0 Å². The molecule has 1 N–H and O–H groups in total. The van der Waals surface area contributed by atoms with Crippen molar-refractivity contribution in [2.24, 2.45) is 0 Å². The maximum absolute atomic E-state index is 8.63. The molecule has 0 aliphatic rings. The van der Waals surface area contributed by atoms with Crippen molar-refractivity contribution in [2.75, 3.05) is 0 Å². The molecule has 6 heteroatoms. The second kappa shape index (κ2) is 2.54. The molecule has 0 aromatic carbocycles. The van der Waals surface area contributed by atoms with Crippen LogP contribution in [-0.4, -0.2) is 17.5 Å². The molecule has 43 valence electrons. The zero-order valence-corrected chi connectivity index (χ0v) is 4.14. The van der Waals surface area contributed by atoms with Crippen molar-refractivity contribution in [1.82, 2.24) is 0 Å². The van der Waals surface area contributed by atoms with E-state index in [9.17, 15) is 0 Å². The predicted molar refractivity (Wildman–Crippen MR) is 12.3 cm³/mol. The van der Waals surface area contributed by atoms with Crippen molar-refractivity contribution in [3.8, 4) is 0 Å². The Morgan fingerprint density at radius 1 is 1.50 bits per heavy atom. The van der Waals surface area contributed by atoms with Gasteiger partial charge in [-0.1, -0.05) is 0 Å². The first-order valence-electron chi connectivity index (χ1n) is 0.683. The molecule has 4 nitrogen and oxygen atoms in total. The fourth-order valence-corrected chi connectivity index (χ4v) is 0. The molecule has 0 aliphatic carbocycles. The molecule has 0 spiro atoms. The molecule has 0 rings (SSSR count). The third-order valence-electron chi connectivity index (χ3n) is 0. The van der Waals surface area contributed by atoms with Gasteiger partial charge in [0, 0.05) is 17.1 Å². The maximum Gasteiger partial charge on any atom is 0.215 e. The third kappa shape index (κ3) is 332. The molecule has 0 heterocycles. The molecule has 0 unspecified atom stereocenters. The van der Waals surface area contributed by atoms with Gasteiger partial charge < -0.3 is 4.55 Å². The molecule has 0 amide bonds. The molecule has 6 heavy (non-hydrogen) atoms. The van der Waals surface area contributed by atoms with Crippen molar-refractivity contribution in [3.63, 3.8) is 0 Å². The van der Waals surface area contributed by atoms with E-state index in [2.05, 4.69) is 0 Å². The Morgan fingerprint density at radius 3 is 1.50 bits per heavy atom. The van der Waals surface area contributed by atoms with Gasteiger partial charge in [-0.05, 0) is 0 Å². The summed E-state index contributed by atoms with van der Waals surface area (Å²) in [6.45, 7) is 0. The summed E-state index contributed by atoms with van der Waals surface area (Å²) in [4.78, 5) is 0. The van der Waals surface area contributed by atoms with Crippen LogP contribution in [0.3, 0.4) is 0 Å². The molecular weight excluding hydrogens is 160 g/mol. The van der Waals surface area contributed by atoms with E-state index < -0.39 is 10.4 Å². The minimum absolute atomic E-state index is 0. The van der Waals surface area contributed by atoms with Crippen molar-refractivity contribution >= 4 is 10.4 Å². The van der Waals surface area contributed by atoms with Gasteiger partial charge in [-0.15, -0.1) is 0 Å². The zero-order chi connectivity index (χ0) is 4.50. The first-order valence-corrected chi connectivity index (χ1v) is 2.05. The van der Waals surface area contributed by atoms with Crippen molar-refractivity contribution < 1.29 is 34.6 Å². The van der Waals surface area contributed by atoms with Gasteiger partial charge in [-0.3, -0.25) is 4.55 Å². The summed E-state index contributed by atoms with van der Waals surface area (Å²) in [7, 11) is -4.92. The Labute approximate surface area is 45.6 Å². The normalized spacial score (nSPS) is 9.67. The molecular formula is HCuO4S-. The molecule has 0 saturated heterocycles. The van der Waals surface area contributed by atoms with Crippen LogP contribution in [-0.2, 0) is 27.5 Å². The van der Waals surface area contributed by atoms with E-state index in [1.807, 2.05) is 0 Å². The van der Waals surface area contributed by atoms with Crippen LogP contribution < -0.4 is 0 Å². The zero-order valence-electron chi connectivity index (χ0n) is 2.38. The first kappa shape index (κ1) is 9.63. The number of hydrogen-bond acceptors (Lipinski definition) is 3. The molecule has 0 bridgehead atoms. The van der Waals surface area contributed by atoms with Gasteiger partial charge in [0.2, 0.25) is 10.4 Å². The van der Waals surface area contributed by atoms with Gasteiger partial charge in [-0.2, -0.15) is 0 Å². The van der Waals surface area contributed by atoms with E-state index in [0.717, 1.165) is 0 Å². The molecule has 0 aromatic heterocycles. The van der Waals surface area contributed by atoms with Crippen LogP contribution in [0.1, 0.15) is 0 Å². The van der Waals surface area contributed by atoms with Crippen LogP contribution in [0.4, 0.5) is 0 Å². The fraction of sp³-hybridized carbons (Fsp3) is 0. The summed E-state index contributed by atoms with van der Waals surface area (Å²) >= 11 is 0. The molecule has 0 saturated carbocycles. The largest absolute Gasteiger partial charge is 0.726 e. The second-order valence-electron chi connectivity index (χ2n) is 0.428. The molecule has 0 aliphatic heterocycles. The fourth-order valence-electron chi connectivity index (χ4n) is 0. The van der Waals surface area contributed by atoms with Gasteiger partial charge in [0.15, 0.2) is 0 Å². The molecule has 0 aromatic rings. The molecule has 1 radical (unpaired) electrons. The van der Waals surface area contributed by atoms with Crippen LogP contribution in [0.2, 0.25) is 0 Å². The van der Waals surface area contributed by atoms with E-state index >= 15 is 0 Å². The standard InChI is InChI=1S/Cu.H2O4S/c;1-5(2,3)4/h;(H2,1,2,3,4)/p-1. The van der Waals surface area contributed by atoms with Gasteiger partial charge in [0.1, 0.15) is 0 Å². The topological polar surface area (TPSA) is 77.4 Å². The average molecular weight is 161 g/mol. The monoisotopic (exact) mass is 160 g/mol. The number of hydrogen-bond donors (Lipinski definition) is 1. The molecule has 0 atom stereocenters. The predicted octanol–water partition coefficient (Wildman–Crippen LogP) is -0.998. The van der Waals surface area contributed by atoms with E-state index in [1.165, 1.54) is 0 Å². The Morgan fingerprint density at radius 2 is 1.50 bits per heavy atom. The Balaban J connectivity index is 0. The summed E-state index contributed by atoms with van der Waals surface area (Å²) in [5.74, 6) is 0. The second-order valence-corrected chi connectivity index (χ2v) is 1.28. The minimum atomic E-state index is -4.92.